The third-order valence-electron chi connectivity index (χ3n) is 11.7. The smallest absolute Gasteiger partial charge is 0.334 e. The van der Waals surface area contributed by atoms with E-state index in [4.69, 9.17) is 0 Å². The molecule has 0 radical (unpaired) electrons. The van der Waals surface area contributed by atoms with Gasteiger partial charge in [0.05, 0.1) is 17.3 Å². The van der Waals surface area contributed by atoms with Crippen molar-refractivity contribution in [1.29, 1.82) is 0 Å². The number of rotatable bonds is 9. The molecule has 1 saturated carbocycles. The number of hydrogen-bond donors (Lipinski definition) is 0. The highest BCUT2D eigenvalue weighted by atomic mass is 19.1. The zero-order valence-corrected chi connectivity index (χ0v) is 30.7. The molecular weight excluding hydrogens is 670 g/mol. The number of Topliss-reactive ketones (excluding diaryl/α,β-unsaturated/α-hetero) is 1. The third kappa shape index (κ3) is 7.29. The predicted molar refractivity (Wildman–Crippen MR) is 204 cm³/mol. The Morgan fingerprint density at radius 2 is 1.68 bits per heavy atom. The number of halogens is 1. The van der Waals surface area contributed by atoms with Gasteiger partial charge < -0.3 is 4.57 Å². The number of hydrogen-bond acceptors (Lipinski definition) is 7. The van der Waals surface area contributed by atoms with Crippen LogP contribution in [-0.4, -0.2) is 71.5 Å². The summed E-state index contributed by atoms with van der Waals surface area (Å²) in [5, 5.41) is 0.0645. The summed E-state index contributed by atoms with van der Waals surface area (Å²) in [5.74, 6) is 0.557. The number of pyridine rings is 1. The average molecular weight is 718 g/mol. The molecule has 5 aromatic rings. The summed E-state index contributed by atoms with van der Waals surface area (Å²) in [6.45, 7) is 10.6. The number of aryl methyl sites for hydroxylation is 2. The molecule has 8 rings (SSSR count). The van der Waals surface area contributed by atoms with Crippen molar-refractivity contribution in [2.45, 2.75) is 90.4 Å². The number of carbonyl (C=O) groups excluding carboxylic acids is 1. The second kappa shape index (κ2) is 14.9. The number of carbonyl (C=O) groups is 1. The largest absolute Gasteiger partial charge is 0.337 e. The number of ketones is 1. The van der Waals surface area contributed by atoms with E-state index in [1.165, 1.54) is 20.8 Å². The van der Waals surface area contributed by atoms with Crippen molar-refractivity contribution in [2.75, 3.05) is 26.2 Å². The first-order valence-corrected chi connectivity index (χ1v) is 19.3. The highest BCUT2D eigenvalue weighted by Gasteiger charge is 2.29. The number of aromatic nitrogens is 5. The first kappa shape index (κ1) is 35.3. The average Bonchev–Trinajstić information content (AvgIpc) is 3.62. The van der Waals surface area contributed by atoms with Crippen molar-refractivity contribution in [3.8, 4) is 16.8 Å². The van der Waals surface area contributed by atoms with Crippen LogP contribution < -0.4 is 11.2 Å². The Bertz CT molecular complexity index is 2220. The van der Waals surface area contributed by atoms with Gasteiger partial charge in [0.1, 0.15) is 17.3 Å². The molecule has 0 bridgehead atoms. The molecular formula is C42H48FN7O3. The lowest BCUT2D eigenvalue weighted by Gasteiger charge is -2.36. The Labute approximate surface area is 308 Å². The zero-order valence-electron chi connectivity index (χ0n) is 30.7. The molecule has 53 heavy (non-hydrogen) atoms. The molecule has 3 aliphatic rings. The maximum Gasteiger partial charge on any atom is 0.337 e. The van der Waals surface area contributed by atoms with E-state index in [-0.39, 0.29) is 28.8 Å². The fourth-order valence-corrected chi connectivity index (χ4v) is 8.58. The monoisotopic (exact) mass is 717 g/mol. The van der Waals surface area contributed by atoms with Crippen LogP contribution in [0.2, 0.25) is 0 Å². The lowest BCUT2D eigenvalue weighted by molar-refractivity contribution is 0.0938. The van der Waals surface area contributed by atoms with Crippen LogP contribution in [0, 0.1) is 11.7 Å². The van der Waals surface area contributed by atoms with Crippen molar-refractivity contribution >= 4 is 16.8 Å². The minimum atomic E-state index is -0.634. The summed E-state index contributed by atoms with van der Waals surface area (Å²) in [5.41, 5.74) is 3.38. The number of imidazole rings is 1. The summed E-state index contributed by atoms with van der Waals surface area (Å²) in [6, 6.07) is 17.6. The molecule has 0 unspecified atom stereocenters. The van der Waals surface area contributed by atoms with Gasteiger partial charge in [0.2, 0.25) is 0 Å². The maximum atomic E-state index is 14.6. The van der Waals surface area contributed by atoms with E-state index in [9.17, 15) is 18.8 Å². The lowest BCUT2D eigenvalue weighted by atomic mass is 9.82. The summed E-state index contributed by atoms with van der Waals surface area (Å²) in [7, 11) is 0. The zero-order chi connectivity index (χ0) is 36.6. The Morgan fingerprint density at radius 3 is 2.42 bits per heavy atom. The molecule has 3 aromatic heterocycles. The molecule has 2 aliphatic heterocycles. The second-order valence-corrected chi connectivity index (χ2v) is 15.5. The topological polar surface area (TPSA) is 98.3 Å². The lowest BCUT2D eigenvalue weighted by Crippen LogP contribution is -2.48. The van der Waals surface area contributed by atoms with Crippen LogP contribution in [0.25, 0.3) is 27.8 Å². The minimum Gasteiger partial charge on any atom is -0.334 e. The first-order valence-electron chi connectivity index (χ1n) is 19.3. The Balaban J connectivity index is 1.02. The molecule has 11 heteroatoms. The van der Waals surface area contributed by atoms with Crippen LogP contribution in [0.5, 0.6) is 0 Å². The van der Waals surface area contributed by atoms with Gasteiger partial charge in [0.15, 0.2) is 11.4 Å². The number of fused-ring (bicyclic) bond motifs is 2. The molecule has 2 fully saturated rings. The van der Waals surface area contributed by atoms with E-state index in [0.29, 0.717) is 49.5 Å². The summed E-state index contributed by atoms with van der Waals surface area (Å²) >= 11 is 0. The summed E-state index contributed by atoms with van der Waals surface area (Å²) in [4.78, 5) is 55.4. The number of piperazine rings is 1. The molecule has 0 amide bonds. The minimum absolute atomic E-state index is 0.0526. The highest BCUT2D eigenvalue weighted by molar-refractivity contribution is 5.94. The molecule has 0 atom stereocenters. The van der Waals surface area contributed by atoms with Gasteiger partial charge >= 0.3 is 5.69 Å². The van der Waals surface area contributed by atoms with Crippen LogP contribution in [0.3, 0.4) is 0 Å². The van der Waals surface area contributed by atoms with Crippen LogP contribution in [-0.2, 0) is 19.5 Å². The quantitative estimate of drug-likeness (QED) is 0.163. The fourth-order valence-electron chi connectivity index (χ4n) is 8.58. The van der Waals surface area contributed by atoms with Crippen LogP contribution in [0.15, 0.2) is 76.6 Å². The molecule has 2 aromatic carbocycles. The van der Waals surface area contributed by atoms with E-state index >= 15 is 0 Å². The number of nitrogens with zero attached hydrogens (tertiary/aromatic N) is 7. The van der Waals surface area contributed by atoms with E-state index in [2.05, 4.69) is 62.4 Å². The number of benzene rings is 2. The van der Waals surface area contributed by atoms with Gasteiger partial charge in [-0.3, -0.25) is 24.0 Å². The van der Waals surface area contributed by atoms with E-state index in [1.807, 2.05) is 30.5 Å². The van der Waals surface area contributed by atoms with E-state index < -0.39 is 17.1 Å². The standard InChI is InChI=1S/C42H48FN7O3/c1-28(2)47-20-18-46(19-21-47)26-30-9-13-31(14-10-30)32-6-5-7-35(23-32)49-40-36(24-33(43)25-44-40)41(52)50(42(49)53)34-15-11-29(12-16-34)22-38(51)37-27-48-17-4-3-8-39(48)45-37/h5-7,9-10,13-14,23-25,27-29,34H,3-4,8,11-12,15-22,26H2,1-2H3. The van der Waals surface area contributed by atoms with Gasteiger partial charge in [-0.25, -0.2) is 23.7 Å². The Kier molecular flexibility index (Phi) is 9.95. The normalized spacial score (nSPS) is 19.8. The van der Waals surface area contributed by atoms with Crippen LogP contribution >= 0.6 is 0 Å². The van der Waals surface area contributed by atoms with Crippen LogP contribution in [0.1, 0.15) is 86.7 Å². The van der Waals surface area contributed by atoms with E-state index in [0.717, 1.165) is 81.7 Å². The third-order valence-corrected chi connectivity index (χ3v) is 11.7. The van der Waals surface area contributed by atoms with Gasteiger partial charge in [-0.05, 0) is 93.2 Å². The Morgan fingerprint density at radius 1 is 0.906 bits per heavy atom. The first-order chi connectivity index (χ1) is 25.7. The van der Waals surface area contributed by atoms with Gasteiger partial charge in [-0.15, -0.1) is 0 Å². The second-order valence-electron chi connectivity index (χ2n) is 15.5. The molecule has 1 aliphatic carbocycles. The molecule has 5 heterocycles. The highest BCUT2D eigenvalue weighted by Crippen LogP contribution is 2.34. The van der Waals surface area contributed by atoms with Crippen molar-refractivity contribution in [3.63, 3.8) is 0 Å². The Hall–Kier alpha value is -4.74. The molecule has 0 N–H and O–H groups in total. The van der Waals surface area contributed by atoms with Crippen molar-refractivity contribution in [3.05, 3.63) is 111 Å². The SMILES string of the molecule is CC(C)N1CCN(Cc2ccc(-c3cccc(-n4c(=O)n(C5CCC(CC(=O)c6cn7c(n6)CCCC7)CC5)c(=O)c5cc(F)cnc54)c3)cc2)CC1. The summed E-state index contributed by atoms with van der Waals surface area (Å²) < 4.78 is 19.4. The maximum absolute atomic E-state index is 14.6. The van der Waals surface area contributed by atoms with Crippen LogP contribution in [0.4, 0.5) is 4.39 Å². The van der Waals surface area contributed by atoms with Crippen molar-refractivity contribution < 1.29 is 9.18 Å². The predicted octanol–water partition coefficient (Wildman–Crippen LogP) is 6.42. The van der Waals surface area contributed by atoms with Gasteiger partial charge in [-0.1, -0.05) is 36.4 Å². The van der Waals surface area contributed by atoms with Gasteiger partial charge in [0.25, 0.3) is 5.56 Å². The fraction of sp³-hybridized carbons (Fsp3) is 0.452. The van der Waals surface area contributed by atoms with Gasteiger partial charge in [-0.2, -0.15) is 0 Å². The molecule has 1 saturated heterocycles. The molecule has 10 nitrogen and oxygen atoms in total. The van der Waals surface area contributed by atoms with Gasteiger partial charge in [0, 0.05) is 70.4 Å². The molecule has 0 spiro atoms. The van der Waals surface area contributed by atoms with Crippen molar-refractivity contribution in [2.24, 2.45) is 5.92 Å². The molecule has 276 valence electrons. The summed E-state index contributed by atoms with van der Waals surface area (Å²) in [6.07, 6.45) is 9.01. The van der Waals surface area contributed by atoms with E-state index in [1.54, 1.807) is 0 Å². The van der Waals surface area contributed by atoms with Crippen molar-refractivity contribution in [1.82, 2.24) is 33.5 Å².